The molecule has 6 aromatic rings. The molecule has 0 saturated heterocycles. The molecule has 0 spiro atoms. The highest BCUT2D eigenvalue weighted by atomic mass is 32.1. The summed E-state index contributed by atoms with van der Waals surface area (Å²) in [5, 5.41) is 2.77. The minimum Gasteiger partial charge on any atom is -0.134 e. The maximum atomic E-state index is 2.39. The van der Waals surface area contributed by atoms with E-state index in [2.05, 4.69) is 101 Å². The van der Waals surface area contributed by atoms with Crippen molar-refractivity contribution in [1.29, 1.82) is 0 Å². The van der Waals surface area contributed by atoms with E-state index in [1.165, 1.54) is 79.6 Å². The van der Waals surface area contributed by atoms with Crippen LogP contribution in [0.5, 0.6) is 0 Å². The normalized spacial score (nSPS) is 11.8. The summed E-state index contributed by atoms with van der Waals surface area (Å²) < 4.78 is 5.61. The molecule has 0 amide bonds. The minimum absolute atomic E-state index is 1.30. The first-order chi connectivity index (χ1) is 15.9. The van der Waals surface area contributed by atoms with E-state index in [1.807, 2.05) is 22.7 Å². The molecule has 33 heavy (non-hydrogen) atoms. The summed E-state index contributed by atoms with van der Waals surface area (Å²) >= 11 is 3.85. The van der Waals surface area contributed by atoms with Crippen molar-refractivity contribution in [2.24, 2.45) is 0 Å². The molecule has 0 bridgehead atoms. The molecular formula is C31H26S2. The standard InChI is InChI=1S/C31H26S2/c1-17-12-18(2)28(19(3)13-17)29-20(4)14-23(15-21(29)5)22-10-11-25-27(16-22)33-30-24-8-6-7-9-26(24)32-31(25)30/h6-16H,1-5H3. The molecule has 162 valence electrons. The van der Waals surface area contributed by atoms with E-state index in [4.69, 9.17) is 0 Å². The van der Waals surface area contributed by atoms with Crippen molar-refractivity contribution in [3.8, 4) is 22.3 Å². The summed E-state index contributed by atoms with van der Waals surface area (Å²) in [5.41, 5.74) is 12.1. The van der Waals surface area contributed by atoms with Gasteiger partial charge in [0.05, 0.1) is 9.40 Å². The fraction of sp³-hybridized carbons (Fsp3) is 0.161. The first-order valence-electron chi connectivity index (χ1n) is 11.4. The summed E-state index contributed by atoms with van der Waals surface area (Å²) in [6.07, 6.45) is 0. The summed E-state index contributed by atoms with van der Waals surface area (Å²) in [6, 6.07) is 25.1. The highest BCUT2D eigenvalue weighted by Crippen LogP contribution is 2.45. The topological polar surface area (TPSA) is 0 Å². The maximum Gasteiger partial charge on any atom is 0.0542 e. The van der Waals surface area contributed by atoms with E-state index in [-0.39, 0.29) is 0 Å². The Kier molecular flexibility index (Phi) is 4.72. The van der Waals surface area contributed by atoms with Gasteiger partial charge in [0.25, 0.3) is 0 Å². The zero-order chi connectivity index (χ0) is 22.9. The molecule has 0 fully saturated rings. The van der Waals surface area contributed by atoms with E-state index < -0.39 is 0 Å². The fourth-order valence-electron chi connectivity index (χ4n) is 5.48. The molecule has 2 heterocycles. The average Bonchev–Trinajstić information content (AvgIpc) is 3.30. The molecule has 2 aromatic heterocycles. The van der Waals surface area contributed by atoms with E-state index in [9.17, 15) is 0 Å². The van der Waals surface area contributed by atoms with Crippen LogP contribution in [-0.4, -0.2) is 0 Å². The Morgan fingerprint density at radius 2 is 1.03 bits per heavy atom. The van der Waals surface area contributed by atoms with Gasteiger partial charge < -0.3 is 0 Å². The van der Waals surface area contributed by atoms with Gasteiger partial charge in [0.2, 0.25) is 0 Å². The molecule has 4 aromatic carbocycles. The maximum absolute atomic E-state index is 2.39. The van der Waals surface area contributed by atoms with Crippen LogP contribution in [0, 0.1) is 34.6 Å². The second-order valence-electron chi connectivity index (χ2n) is 9.33. The van der Waals surface area contributed by atoms with Crippen molar-refractivity contribution in [3.63, 3.8) is 0 Å². The minimum atomic E-state index is 1.30. The smallest absolute Gasteiger partial charge is 0.0542 e. The molecule has 0 unspecified atom stereocenters. The number of hydrogen-bond acceptors (Lipinski definition) is 2. The lowest BCUT2D eigenvalue weighted by Crippen LogP contribution is -1.96. The average molecular weight is 463 g/mol. The lowest BCUT2D eigenvalue weighted by atomic mass is 9.86. The number of benzene rings is 4. The van der Waals surface area contributed by atoms with Gasteiger partial charge in [-0.15, -0.1) is 22.7 Å². The third kappa shape index (κ3) is 3.24. The van der Waals surface area contributed by atoms with Crippen molar-refractivity contribution in [2.45, 2.75) is 34.6 Å². The SMILES string of the molecule is Cc1cc(C)c(-c2c(C)cc(-c3ccc4c(c3)sc3c5ccccc5sc43)cc2C)c(C)c1. The highest BCUT2D eigenvalue weighted by Gasteiger charge is 2.15. The quantitative estimate of drug-likeness (QED) is 0.240. The van der Waals surface area contributed by atoms with Crippen LogP contribution >= 0.6 is 22.7 Å². The Bertz CT molecular complexity index is 1660. The van der Waals surface area contributed by atoms with Gasteiger partial charge in [-0.05, 0) is 91.3 Å². The Hall–Kier alpha value is -2.94. The molecule has 0 radical (unpaired) electrons. The number of hydrogen-bond donors (Lipinski definition) is 0. The molecule has 6 rings (SSSR count). The second kappa shape index (κ2) is 7.55. The third-order valence-electron chi connectivity index (χ3n) is 6.78. The van der Waals surface area contributed by atoms with Crippen molar-refractivity contribution in [3.05, 3.63) is 94.5 Å². The van der Waals surface area contributed by atoms with Crippen LogP contribution in [0.2, 0.25) is 0 Å². The van der Waals surface area contributed by atoms with Gasteiger partial charge in [-0.3, -0.25) is 0 Å². The molecule has 0 nitrogen and oxygen atoms in total. The fourth-order valence-corrected chi connectivity index (χ4v) is 8.18. The molecule has 0 aliphatic rings. The monoisotopic (exact) mass is 462 g/mol. The van der Waals surface area contributed by atoms with Crippen LogP contribution in [0.25, 0.3) is 51.8 Å². The number of aryl methyl sites for hydroxylation is 5. The number of fused-ring (bicyclic) bond motifs is 5. The molecule has 0 saturated carbocycles. The highest BCUT2D eigenvalue weighted by molar-refractivity contribution is 7.36. The van der Waals surface area contributed by atoms with Crippen LogP contribution in [0.1, 0.15) is 27.8 Å². The van der Waals surface area contributed by atoms with Gasteiger partial charge in [0, 0.05) is 20.2 Å². The zero-order valence-electron chi connectivity index (χ0n) is 19.7. The Morgan fingerprint density at radius 3 is 1.70 bits per heavy atom. The summed E-state index contributed by atoms with van der Waals surface area (Å²) in [5.74, 6) is 0. The Labute approximate surface area is 203 Å². The third-order valence-corrected chi connectivity index (χ3v) is 9.30. The van der Waals surface area contributed by atoms with E-state index in [1.54, 1.807) is 0 Å². The van der Waals surface area contributed by atoms with Crippen LogP contribution < -0.4 is 0 Å². The molecule has 2 heteroatoms. The van der Waals surface area contributed by atoms with Gasteiger partial charge in [-0.2, -0.15) is 0 Å². The lowest BCUT2D eigenvalue weighted by molar-refractivity contribution is 1.29. The van der Waals surface area contributed by atoms with Crippen molar-refractivity contribution in [2.75, 3.05) is 0 Å². The van der Waals surface area contributed by atoms with Crippen LogP contribution in [0.15, 0.2) is 66.7 Å². The number of thiophene rings is 2. The molecule has 0 atom stereocenters. The predicted octanol–water partition coefficient (Wildman–Crippen LogP) is 10.1. The van der Waals surface area contributed by atoms with E-state index in [0.29, 0.717) is 0 Å². The van der Waals surface area contributed by atoms with Crippen LogP contribution in [0.3, 0.4) is 0 Å². The van der Waals surface area contributed by atoms with Gasteiger partial charge in [-0.1, -0.05) is 60.2 Å². The van der Waals surface area contributed by atoms with E-state index >= 15 is 0 Å². The molecule has 0 aliphatic carbocycles. The van der Waals surface area contributed by atoms with Gasteiger partial charge in [0.1, 0.15) is 0 Å². The molecule has 0 N–H and O–H groups in total. The van der Waals surface area contributed by atoms with Crippen molar-refractivity contribution in [1.82, 2.24) is 0 Å². The summed E-state index contributed by atoms with van der Waals surface area (Å²) in [6.45, 7) is 11.2. The first kappa shape index (κ1) is 20.7. The summed E-state index contributed by atoms with van der Waals surface area (Å²) in [4.78, 5) is 0. The Morgan fingerprint density at radius 1 is 0.485 bits per heavy atom. The van der Waals surface area contributed by atoms with Crippen LogP contribution in [-0.2, 0) is 0 Å². The second-order valence-corrected chi connectivity index (χ2v) is 11.4. The van der Waals surface area contributed by atoms with Crippen LogP contribution in [0.4, 0.5) is 0 Å². The largest absolute Gasteiger partial charge is 0.134 e. The summed E-state index contributed by atoms with van der Waals surface area (Å²) in [7, 11) is 0. The Balaban J connectivity index is 1.49. The van der Waals surface area contributed by atoms with E-state index in [0.717, 1.165) is 0 Å². The number of rotatable bonds is 2. The zero-order valence-corrected chi connectivity index (χ0v) is 21.3. The predicted molar refractivity (Wildman–Crippen MR) is 149 cm³/mol. The first-order valence-corrected chi connectivity index (χ1v) is 13.1. The van der Waals surface area contributed by atoms with Gasteiger partial charge in [0.15, 0.2) is 0 Å². The van der Waals surface area contributed by atoms with Crippen molar-refractivity contribution < 1.29 is 0 Å². The lowest BCUT2D eigenvalue weighted by Gasteiger charge is -2.18. The molecular weight excluding hydrogens is 436 g/mol. The van der Waals surface area contributed by atoms with Crippen molar-refractivity contribution >= 4 is 52.2 Å². The van der Waals surface area contributed by atoms with Gasteiger partial charge >= 0.3 is 0 Å². The van der Waals surface area contributed by atoms with Gasteiger partial charge in [-0.25, -0.2) is 0 Å². The molecule has 0 aliphatic heterocycles.